The van der Waals surface area contributed by atoms with Gasteiger partial charge in [-0.1, -0.05) is 0 Å². The highest BCUT2D eigenvalue weighted by atomic mass is 32.2. The van der Waals surface area contributed by atoms with Gasteiger partial charge in [0.2, 0.25) is 10.0 Å². The van der Waals surface area contributed by atoms with E-state index in [1.54, 1.807) is 38.3 Å². The Balaban J connectivity index is 1.67. The van der Waals surface area contributed by atoms with Crippen molar-refractivity contribution in [3.8, 4) is 11.5 Å². The number of piperidine rings is 1. The van der Waals surface area contributed by atoms with Gasteiger partial charge in [0.25, 0.3) is 0 Å². The van der Waals surface area contributed by atoms with Crippen molar-refractivity contribution >= 4 is 10.0 Å². The Bertz CT molecular complexity index is 974. The normalized spacial score (nSPS) is 16.3. The van der Waals surface area contributed by atoms with Crippen LogP contribution in [0.3, 0.4) is 0 Å². The lowest BCUT2D eigenvalue weighted by atomic mass is 10.1. The molecule has 0 amide bonds. The maximum absolute atomic E-state index is 12.9. The zero-order valence-electron chi connectivity index (χ0n) is 15.6. The van der Waals surface area contributed by atoms with Crippen LogP contribution in [0.25, 0.3) is 0 Å². The second-order valence-electron chi connectivity index (χ2n) is 6.58. The summed E-state index contributed by atoms with van der Waals surface area (Å²) in [6, 6.07) is 7.82. The summed E-state index contributed by atoms with van der Waals surface area (Å²) in [5.41, 5.74) is 0.315. The highest BCUT2D eigenvalue weighted by molar-refractivity contribution is 7.89. The van der Waals surface area contributed by atoms with Gasteiger partial charge in [-0.05, 0) is 50.5 Å². The fourth-order valence-electron chi connectivity index (χ4n) is 3.19. The number of hydrogen-bond acceptors (Lipinski definition) is 6. The summed E-state index contributed by atoms with van der Waals surface area (Å²) in [5, 5.41) is 0. The Hall–Kier alpha value is -2.32. The molecule has 1 saturated heterocycles. The third kappa shape index (κ3) is 4.33. The molecule has 146 valence electrons. The zero-order chi connectivity index (χ0) is 19.6. The molecule has 0 unspecified atom stereocenters. The van der Waals surface area contributed by atoms with Crippen LogP contribution in [0.15, 0.2) is 44.4 Å². The van der Waals surface area contributed by atoms with E-state index in [4.69, 9.17) is 13.9 Å². The van der Waals surface area contributed by atoms with Crippen LogP contribution in [-0.2, 0) is 10.0 Å². The van der Waals surface area contributed by atoms with Gasteiger partial charge in [-0.3, -0.25) is 0 Å². The molecule has 1 aromatic heterocycles. The van der Waals surface area contributed by atoms with Crippen LogP contribution in [0.4, 0.5) is 0 Å². The highest BCUT2D eigenvalue weighted by Gasteiger charge is 2.30. The molecular formula is C19H23NO6S. The van der Waals surface area contributed by atoms with E-state index in [-0.39, 0.29) is 11.0 Å². The van der Waals surface area contributed by atoms with Crippen LogP contribution in [0.5, 0.6) is 11.5 Å². The van der Waals surface area contributed by atoms with E-state index in [0.717, 1.165) is 5.56 Å². The fourth-order valence-corrected chi connectivity index (χ4v) is 4.74. The molecule has 1 fully saturated rings. The van der Waals surface area contributed by atoms with E-state index in [0.29, 0.717) is 43.2 Å². The minimum Gasteiger partial charge on any atom is -0.496 e. The highest BCUT2D eigenvalue weighted by Crippen LogP contribution is 2.27. The molecule has 27 heavy (non-hydrogen) atoms. The maximum atomic E-state index is 12.9. The predicted molar refractivity (Wildman–Crippen MR) is 99.9 cm³/mol. The van der Waals surface area contributed by atoms with Crippen molar-refractivity contribution in [1.29, 1.82) is 0 Å². The standard InChI is InChI=1S/C19H23NO6S/c1-13-10-17(4-5-18(13)24-3)27(22,23)20-8-6-15(7-9-20)26-16-11-14(2)25-19(21)12-16/h4-5,10-12,15H,6-9H2,1-3H3. The molecule has 0 N–H and O–H groups in total. The summed E-state index contributed by atoms with van der Waals surface area (Å²) < 4.78 is 43.2. The molecule has 0 radical (unpaired) electrons. The molecule has 2 heterocycles. The number of methoxy groups -OCH3 is 1. The van der Waals surface area contributed by atoms with Crippen LogP contribution in [0, 0.1) is 13.8 Å². The molecule has 1 aliphatic rings. The molecular weight excluding hydrogens is 370 g/mol. The van der Waals surface area contributed by atoms with E-state index < -0.39 is 15.6 Å². The van der Waals surface area contributed by atoms with Crippen LogP contribution in [0.1, 0.15) is 24.2 Å². The van der Waals surface area contributed by atoms with E-state index >= 15 is 0 Å². The van der Waals surface area contributed by atoms with Crippen molar-refractivity contribution in [2.45, 2.75) is 37.7 Å². The monoisotopic (exact) mass is 393 g/mol. The second-order valence-corrected chi connectivity index (χ2v) is 8.51. The van der Waals surface area contributed by atoms with Crippen molar-refractivity contribution < 1.29 is 22.3 Å². The quantitative estimate of drug-likeness (QED) is 0.776. The minimum atomic E-state index is -3.56. The second kappa shape index (κ2) is 7.74. The molecule has 1 aromatic carbocycles. The SMILES string of the molecule is COc1ccc(S(=O)(=O)N2CCC(Oc3cc(C)oc(=O)c3)CC2)cc1C. The first-order chi connectivity index (χ1) is 12.8. The van der Waals surface area contributed by atoms with Crippen molar-refractivity contribution in [3.63, 3.8) is 0 Å². The third-order valence-electron chi connectivity index (χ3n) is 4.58. The Morgan fingerprint density at radius 1 is 1.11 bits per heavy atom. The summed E-state index contributed by atoms with van der Waals surface area (Å²) in [4.78, 5) is 11.7. The van der Waals surface area contributed by atoms with Gasteiger partial charge in [-0.15, -0.1) is 0 Å². The lowest BCUT2D eigenvalue weighted by molar-refractivity contribution is 0.134. The molecule has 2 aromatic rings. The Morgan fingerprint density at radius 3 is 2.41 bits per heavy atom. The average molecular weight is 393 g/mol. The van der Waals surface area contributed by atoms with Gasteiger partial charge >= 0.3 is 5.63 Å². The van der Waals surface area contributed by atoms with Crippen LogP contribution in [-0.4, -0.2) is 39.0 Å². The van der Waals surface area contributed by atoms with E-state index in [1.165, 1.54) is 10.4 Å². The van der Waals surface area contributed by atoms with Crippen LogP contribution >= 0.6 is 0 Å². The van der Waals surface area contributed by atoms with Crippen molar-refractivity contribution in [3.05, 3.63) is 52.1 Å². The largest absolute Gasteiger partial charge is 0.496 e. The van der Waals surface area contributed by atoms with Crippen molar-refractivity contribution in [2.75, 3.05) is 20.2 Å². The molecule has 0 spiro atoms. The lowest BCUT2D eigenvalue weighted by Gasteiger charge is -2.31. The number of nitrogens with zero attached hydrogens (tertiary/aromatic N) is 1. The minimum absolute atomic E-state index is 0.143. The van der Waals surface area contributed by atoms with Gasteiger partial charge in [0.1, 0.15) is 23.4 Å². The summed E-state index contributed by atoms with van der Waals surface area (Å²) in [7, 11) is -2.01. The van der Waals surface area contributed by atoms with Gasteiger partial charge < -0.3 is 13.9 Å². The first-order valence-electron chi connectivity index (χ1n) is 8.73. The summed E-state index contributed by atoms with van der Waals surface area (Å²) >= 11 is 0. The topological polar surface area (TPSA) is 86.1 Å². The molecule has 0 bridgehead atoms. The first kappa shape index (κ1) is 19.4. The lowest BCUT2D eigenvalue weighted by Crippen LogP contribution is -2.41. The van der Waals surface area contributed by atoms with E-state index in [9.17, 15) is 13.2 Å². The Morgan fingerprint density at radius 2 is 1.81 bits per heavy atom. The van der Waals surface area contributed by atoms with Gasteiger partial charge in [0.15, 0.2) is 0 Å². The Kier molecular flexibility index (Phi) is 5.57. The zero-order valence-corrected chi connectivity index (χ0v) is 16.4. The molecule has 0 aliphatic carbocycles. The molecule has 0 saturated carbocycles. The number of sulfonamides is 1. The van der Waals surface area contributed by atoms with Crippen LogP contribution in [0.2, 0.25) is 0 Å². The molecule has 3 rings (SSSR count). The number of hydrogen-bond donors (Lipinski definition) is 0. The predicted octanol–water partition coefficient (Wildman–Crippen LogP) is 2.50. The van der Waals surface area contributed by atoms with E-state index in [2.05, 4.69) is 0 Å². The smallest absolute Gasteiger partial charge is 0.339 e. The number of aryl methyl sites for hydroxylation is 2. The fraction of sp³-hybridized carbons (Fsp3) is 0.421. The Labute approximate surface area is 158 Å². The van der Waals surface area contributed by atoms with Gasteiger partial charge in [-0.2, -0.15) is 4.31 Å². The van der Waals surface area contributed by atoms with Gasteiger partial charge in [0.05, 0.1) is 18.1 Å². The summed E-state index contributed by atoms with van der Waals surface area (Å²) in [5.74, 6) is 1.59. The van der Waals surface area contributed by atoms with Crippen molar-refractivity contribution in [2.24, 2.45) is 0 Å². The van der Waals surface area contributed by atoms with E-state index in [1.807, 2.05) is 6.92 Å². The van der Waals surface area contributed by atoms with Gasteiger partial charge in [0, 0.05) is 19.2 Å². The third-order valence-corrected chi connectivity index (χ3v) is 6.47. The number of rotatable bonds is 5. The number of ether oxygens (including phenoxy) is 2. The summed E-state index contributed by atoms with van der Waals surface area (Å²) in [6.07, 6.45) is 0.955. The first-order valence-corrected chi connectivity index (χ1v) is 10.2. The van der Waals surface area contributed by atoms with Gasteiger partial charge in [-0.25, -0.2) is 13.2 Å². The molecule has 7 nitrogen and oxygen atoms in total. The van der Waals surface area contributed by atoms with Crippen molar-refractivity contribution in [1.82, 2.24) is 4.31 Å². The molecule has 8 heteroatoms. The molecule has 1 aliphatic heterocycles. The molecule has 0 atom stereocenters. The summed E-state index contributed by atoms with van der Waals surface area (Å²) in [6.45, 7) is 4.22. The maximum Gasteiger partial charge on any atom is 0.339 e. The van der Waals surface area contributed by atoms with Crippen LogP contribution < -0.4 is 15.1 Å². The average Bonchev–Trinajstić information content (AvgIpc) is 2.61. The number of benzene rings is 1.